The summed E-state index contributed by atoms with van der Waals surface area (Å²) < 4.78 is 4.91. The molecule has 0 N–H and O–H groups in total. The Morgan fingerprint density at radius 1 is 1.42 bits per heavy atom. The summed E-state index contributed by atoms with van der Waals surface area (Å²) in [6.07, 6.45) is 0.956. The number of thioether (sulfide) groups is 1. The summed E-state index contributed by atoms with van der Waals surface area (Å²) in [4.78, 5) is 0. The fourth-order valence-electron chi connectivity index (χ4n) is 0.628. The predicted molar refractivity (Wildman–Crippen MR) is 53.2 cm³/mol. The van der Waals surface area contributed by atoms with Gasteiger partial charge < -0.3 is 4.74 Å². The molecular formula is C9H17NOS. The van der Waals surface area contributed by atoms with Crippen molar-refractivity contribution in [3.8, 4) is 6.07 Å². The van der Waals surface area contributed by atoms with Gasteiger partial charge >= 0.3 is 0 Å². The Kier molecular flexibility index (Phi) is 6.23. The lowest BCUT2D eigenvalue weighted by Crippen LogP contribution is -2.09. The molecule has 12 heavy (non-hydrogen) atoms. The molecular weight excluding hydrogens is 170 g/mol. The van der Waals surface area contributed by atoms with Gasteiger partial charge in [-0.15, -0.1) is 0 Å². The first-order chi connectivity index (χ1) is 5.62. The second-order valence-electron chi connectivity index (χ2n) is 3.35. The van der Waals surface area contributed by atoms with E-state index in [2.05, 4.69) is 6.07 Å². The topological polar surface area (TPSA) is 33.0 Å². The van der Waals surface area contributed by atoms with Gasteiger partial charge in [0.2, 0.25) is 0 Å². The zero-order chi connectivity index (χ0) is 9.45. The average molecular weight is 187 g/mol. The van der Waals surface area contributed by atoms with Gasteiger partial charge in [0.05, 0.1) is 18.1 Å². The van der Waals surface area contributed by atoms with Gasteiger partial charge in [-0.25, -0.2) is 0 Å². The molecule has 0 radical (unpaired) electrons. The fourth-order valence-corrected chi connectivity index (χ4v) is 1.77. The lowest BCUT2D eigenvalue weighted by molar-refractivity contribution is 0.218. The van der Waals surface area contributed by atoms with Crippen LogP contribution in [0.15, 0.2) is 0 Å². The highest BCUT2D eigenvalue weighted by Gasteiger charge is 2.15. The zero-order valence-corrected chi connectivity index (χ0v) is 8.91. The van der Waals surface area contributed by atoms with Crippen LogP contribution < -0.4 is 0 Å². The third kappa shape index (κ3) is 6.51. The second kappa shape index (κ2) is 6.33. The van der Waals surface area contributed by atoms with E-state index in [4.69, 9.17) is 10.00 Å². The minimum Gasteiger partial charge on any atom is -0.384 e. The van der Waals surface area contributed by atoms with Crippen LogP contribution in [0, 0.1) is 16.7 Å². The molecule has 70 valence electrons. The number of methoxy groups -OCH3 is 1. The van der Waals surface area contributed by atoms with Gasteiger partial charge in [-0.2, -0.15) is 17.0 Å². The van der Waals surface area contributed by atoms with Crippen molar-refractivity contribution < 1.29 is 4.74 Å². The van der Waals surface area contributed by atoms with E-state index in [1.807, 2.05) is 25.6 Å². The van der Waals surface area contributed by atoms with Gasteiger partial charge in [0, 0.05) is 12.9 Å². The number of ether oxygens (including phenoxy) is 1. The maximum atomic E-state index is 8.71. The minimum absolute atomic E-state index is 0.167. The molecule has 0 heterocycles. The van der Waals surface area contributed by atoms with Crippen LogP contribution in [0.2, 0.25) is 0 Å². The van der Waals surface area contributed by atoms with E-state index >= 15 is 0 Å². The maximum absolute atomic E-state index is 8.71. The zero-order valence-electron chi connectivity index (χ0n) is 8.09. The molecule has 0 aromatic carbocycles. The molecule has 0 fully saturated rings. The van der Waals surface area contributed by atoms with Gasteiger partial charge in [-0.05, 0) is 26.0 Å². The van der Waals surface area contributed by atoms with Crippen LogP contribution in [0.1, 0.15) is 20.3 Å². The first kappa shape index (κ1) is 11.8. The molecule has 0 amide bonds. The van der Waals surface area contributed by atoms with Crippen molar-refractivity contribution in [3.05, 3.63) is 0 Å². The largest absolute Gasteiger partial charge is 0.384 e. The van der Waals surface area contributed by atoms with Crippen LogP contribution in [-0.4, -0.2) is 25.2 Å². The highest BCUT2D eigenvalue weighted by atomic mass is 32.2. The van der Waals surface area contributed by atoms with E-state index in [-0.39, 0.29) is 5.41 Å². The van der Waals surface area contributed by atoms with Crippen molar-refractivity contribution in [3.63, 3.8) is 0 Å². The van der Waals surface area contributed by atoms with E-state index in [1.54, 1.807) is 7.11 Å². The minimum atomic E-state index is -0.167. The SMILES string of the molecule is COCCSCCC(C)(C)C#N. The molecule has 0 aliphatic rings. The summed E-state index contributed by atoms with van der Waals surface area (Å²) in [6, 6.07) is 2.29. The number of hydrogen-bond donors (Lipinski definition) is 0. The molecule has 0 rings (SSSR count). The first-order valence-electron chi connectivity index (χ1n) is 4.10. The summed E-state index contributed by atoms with van der Waals surface area (Å²) in [5.74, 6) is 2.07. The van der Waals surface area contributed by atoms with Gasteiger partial charge in [-0.3, -0.25) is 0 Å². The molecule has 0 atom stereocenters. The third-order valence-electron chi connectivity index (χ3n) is 1.61. The molecule has 0 aliphatic heterocycles. The van der Waals surface area contributed by atoms with E-state index in [0.29, 0.717) is 0 Å². The Morgan fingerprint density at radius 3 is 2.58 bits per heavy atom. The highest BCUT2D eigenvalue weighted by molar-refractivity contribution is 7.99. The third-order valence-corrected chi connectivity index (χ3v) is 2.55. The van der Waals surface area contributed by atoms with Crippen LogP contribution >= 0.6 is 11.8 Å². The lowest BCUT2D eigenvalue weighted by Gasteiger charge is -2.13. The number of nitrogens with zero attached hydrogens (tertiary/aromatic N) is 1. The summed E-state index contributed by atoms with van der Waals surface area (Å²) in [5, 5.41) is 8.71. The Bertz CT molecular complexity index is 151. The summed E-state index contributed by atoms with van der Waals surface area (Å²) in [6.45, 7) is 4.76. The number of rotatable bonds is 6. The second-order valence-corrected chi connectivity index (χ2v) is 4.58. The van der Waals surface area contributed by atoms with Crippen molar-refractivity contribution >= 4 is 11.8 Å². The molecule has 0 unspecified atom stereocenters. The van der Waals surface area contributed by atoms with E-state index in [1.165, 1.54) is 0 Å². The van der Waals surface area contributed by atoms with Gasteiger partial charge in [0.1, 0.15) is 0 Å². The summed E-state index contributed by atoms with van der Waals surface area (Å²) in [5.41, 5.74) is -0.167. The lowest BCUT2D eigenvalue weighted by atomic mass is 9.93. The van der Waals surface area contributed by atoms with E-state index < -0.39 is 0 Å². The molecule has 0 saturated heterocycles. The van der Waals surface area contributed by atoms with E-state index in [9.17, 15) is 0 Å². The van der Waals surface area contributed by atoms with Crippen LogP contribution in [0.4, 0.5) is 0 Å². The average Bonchev–Trinajstić information content (AvgIpc) is 2.04. The summed E-state index contributed by atoms with van der Waals surface area (Å²) >= 11 is 1.84. The molecule has 0 aliphatic carbocycles. The Morgan fingerprint density at radius 2 is 2.08 bits per heavy atom. The van der Waals surface area contributed by atoms with Crippen LogP contribution in [0.25, 0.3) is 0 Å². The molecule has 0 spiro atoms. The Labute approximate surface area is 79.3 Å². The summed E-state index contributed by atoms with van der Waals surface area (Å²) in [7, 11) is 1.71. The molecule has 0 bridgehead atoms. The van der Waals surface area contributed by atoms with Crippen molar-refractivity contribution in [1.82, 2.24) is 0 Å². The Balaban J connectivity index is 3.27. The van der Waals surface area contributed by atoms with Crippen molar-refractivity contribution in [1.29, 1.82) is 5.26 Å². The van der Waals surface area contributed by atoms with E-state index in [0.717, 1.165) is 24.5 Å². The molecule has 0 saturated carbocycles. The van der Waals surface area contributed by atoms with Crippen molar-refractivity contribution in [2.75, 3.05) is 25.2 Å². The molecule has 2 nitrogen and oxygen atoms in total. The normalized spacial score (nSPS) is 11.2. The van der Waals surface area contributed by atoms with Crippen LogP contribution in [-0.2, 0) is 4.74 Å². The van der Waals surface area contributed by atoms with Gasteiger partial charge in [0.15, 0.2) is 0 Å². The maximum Gasteiger partial charge on any atom is 0.0684 e. The van der Waals surface area contributed by atoms with Crippen LogP contribution in [0.3, 0.4) is 0 Å². The standard InChI is InChI=1S/C9H17NOS/c1-9(2,8-10)4-6-12-7-5-11-3/h4-7H2,1-3H3. The Hall–Kier alpha value is -0.200. The highest BCUT2D eigenvalue weighted by Crippen LogP contribution is 2.21. The fraction of sp³-hybridized carbons (Fsp3) is 0.889. The first-order valence-corrected chi connectivity index (χ1v) is 5.26. The van der Waals surface area contributed by atoms with Gasteiger partial charge in [0.25, 0.3) is 0 Å². The quantitative estimate of drug-likeness (QED) is 0.598. The molecule has 0 aromatic rings. The number of nitriles is 1. The van der Waals surface area contributed by atoms with Crippen molar-refractivity contribution in [2.24, 2.45) is 5.41 Å². The van der Waals surface area contributed by atoms with Gasteiger partial charge in [-0.1, -0.05) is 0 Å². The predicted octanol–water partition coefficient (Wildman–Crippen LogP) is 2.31. The molecule has 0 aromatic heterocycles. The molecule has 3 heteroatoms. The van der Waals surface area contributed by atoms with Crippen molar-refractivity contribution in [2.45, 2.75) is 20.3 Å². The van der Waals surface area contributed by atoms with Crippen LogP contribution in [0.5, 0.6) is 0 Å². The smallest absolute Gasteiger partial charge is 0.0684 e. The monoisotopic (exact) mass is 187 g/mol. The number of hydrogen-bond acceptors (Lipinski definition) is 3.